The van der Waals surface area contributed by atoms with E-state index in [1.807, 2.05) is 24.3 Å². The molecule has 0 fully saturated rings. The van der Waals surface area contributed by atoms with Crippen molar-refractivity contribution in [1.29, 1.82) is 0 Å². The van der Waals surface area contributed by atoms with Crippen LogP contribution in [0.15, 0.2) is 40.1 Å². The lowest BCUT2D eigenvalue weighted by Crippen LogP contribution is -2.52. The summed E-state index contributed by atoms with van der Waals surface area (Å²) in [5, 5.41) is 13.3. The number of aliphatic hydroxyl groups is 1. The molecule has 0 aliphatic carbocycles. The molecule has 0 radical (unpaired) electrons. The number of aromatic nitrogens is 3. The molecule has 0 saturated heterocycles. The molecule has 31 heavy (non-hydrogen) atoms. The first-order valence-corrected chi connectivity index (χ1v) is 9.95. The molecule has 1 aliphatic heterocycles. The summed E-state index contributed by atoms with van der Waals surface area (Å²) >= 11 is 0. The van der Waals surface area contributed by atoms with Crippen LogP contribution in [-0.4, -0.2) is 55.5 Å². The van der Waals surface area contributed by atoms with Gasteiger partial charge in [-0.3, -0.25) is 23.9 Å². The highest BCUT2D eigenvalue weighted by Crippen LogP contribution is 2.27. The summed E-state index contributed by atoms with van der Waals surface area (Å²) in [6.07, 6.45) is 1.95. The average Bonchev–Trinajstić information content (AvgIpc) is 3.13. The zero-order chi connectivity index (χ0) is 22.1. The summed E-state index contributed by atoms with van der Waals surface area (Å²) in [4.78, 5) is 55.7. The first kappa shape index (κ1) is 20.6. The standard InChI is InChI=1S/C21H23N5O5/c1-12-8-26(21(31)24-19(12)29)10-18(28)23-17(11-27)20(30)25-7-6-14-13-4-2-3-5-15(13)22-16(14)9-25/h2-5,8,17,22,27H,6-7,9-11H2,1H3,(H,23,28)(H,24,29,31). The fourth-order valence-corrected chi connectivity index (χ4v) is 3.92. The minimum Gasteiger partial charge on any atom is -0.394 e. The number of H-pyrrole nitrogens is 2. The molecule has 2 amide bonds. The third-order valence-corrected chi connectivity index (χ3v) is 5.51. The molecule has 3 aromatic rings. The zero-order valence-electron chi connectivity index (χ0n) is 17.0. The Kier molecular flexibility index (Phi) is 5.47. The summed E-state index contributed by atoms with van der Waals surface area (Å²) < 4.78 is 1.04. The Morgan fingerprint density at radius 1 is 1.23 bits per heavy atom. The maximum atomic E-state index is 12.9. The summed E-state index contributed by atoms with van der Waals surface area (Å²) in [5.41, 5.74) is 2.17. The van der Waals surface area contributed by atoms with Crippen LogP contribution in [0.1, 0.15) is 16.8 Å². The van der Waals surface area contributed by atoms with E-state index < -0.39 is 35.7 Å². The van der Waals surface area contributed by atoms with Gasteiger partial charge in [-0.1, -0.05) is 18.2 Å². The van der Waals surface area contributed by atoms with Crippen LogP contribution in [0.2, 0.25) is 0 Å². The van der Waals surface area contributed by atoms with Crippen molar-refractivity contribution in [2.75, 3.05) is 13.2 Å². The van der Waals surface area contributed by atoms with Crippen molar-refractivity contribution in [3.05, 3.63) is 68.1 Å². The van der Waals surface area contributed by atoms with E-state index in [1.54, 1.807) is 4.90 Å². The number of aryl methyl sites for hydroxylation is 1. The van der Waals surface area contributed by atoms with E-state index in [9.17, 15) is 24.3 Å². The van der Waals surface area contributed by atoms with E-state index in [0.717, 1.165) is 21.2 Å². The Balaban J connectivity index is 1.45. The Hall–Kier alpha value is -3.66. The number of aliphatic hydroxyl groups excluding tert-OH is 1. The molecule has 4 N–H and O–H groups in total. The van der Waals surface area contributed by atoms with Crippen molar-refractivity contribution in [2.45, 2.75) is 32.5 Å². The average molecular weight is 425 g/mol. The van der Waals surface area contributed by atoms with Gasteiger partial charge < -0.3 is 20.3 Å². The second-order valence-electron chi connectivity index (χ2n) is 7.64. The number of hydrogen-bond acceptors (Lipinski definition) is 5. The summed E-state index contributed by atoms with van der Waals surface area (Å²) in [5.74, 6) is -1.02. The van der Waals surface area contributed by atoms with Crippen molar-refractivity contribution >= 4 is 22.7 Å². The first-order chi connectivity index (χ1) is 14.9. The summed E-state index contributed by atoms with van der Waals surface area (Å²) in [7, 11) is 0. The molecule has 162 valence electrons. The number of aromatic amines is 2. The fourth-order valence-electron chi connectivity index (χ4n) is 3.92. The lowest BCUT2D eigenvalue weighted by atomic mass is 10.0. The van der Waals surface area contributed by atoms with Crippen LogP contribution in [0, 0.1) is 6.92 Å². The number of para-hydroxylation sites is 1. The van der Waals surface area contributed by atoms with Crippen LogP contribution in [0.4, 0.5) is 0 Å². The fraction of sp³-hybridized carbons (Fsp3) is 0.333. The molecule has 1 aromatic carbocycles. The summed E-state index contributed by atoms with van der Waals surface area (Å²) in [6.45, 7) is 1.39. The zero-order valence-corrected chi connectivity index (χ0v) is 17.0. The number of rotatable bonds is 5. The molecule has 2 aromatic heterocycles. The van der Waals surface area contributed by atoms with E-state index in [4.69, 9.17) is 0 Å². The van der Waals surface area contributed by atoms with Crippen LogP contribution in [0.3, 0.4) is 0 Å². The maximum absolute atomic E-state index is 12.9. The predicted octanol–water partition coefficient (Wildman–Crippen LogP) is -0.612. The molecule has 3 heterocycles. The molecule has 1 atom stereocenters. The maximum Gasteiger partial charge on any atom is 0.328 e. The highest BCUT2D eigenvalue weighted by Gasteiger charge is 2.29. The van der Waals surface area contributed by atoms with Gasteiger partial charge in [0.2, 0.25) is 11.8 Å². The van der Waals surface area contributed by atoms with Crippen molar-refractivity contribution in [3.63, 3.8) is 0 Å². The highest BCUT2D eigenvalue weighted by molar-refractivity contribution is 5.89. The molecule has 4 rings (SSSR count). The van der Waals surface area contributed by atoms with Crippen molar-refractivity contribution in [1.82, 2.24) is 24.8 Å². The van der Waals surface area contributed by atoms with Gasteiger partial charge in [-0.25, -0.2) is 4.79 Å². The predicted molar refractivity (Wildman–Crippen MR) is 112 cm³/mol. The number of carbonyl (C=O) groups excluding carboxylic acids is 2. The molecule has 1 aliphatic rings. The van der Waals surface area contributed by atoms with E-state index in [2.05, 4.69) is 15.3 Å². The molecule has 10 nitrogen and oxygen atoms in total. The second-order valence-corrected chi connectivity index (χ2v) is 7.64. The van der Waals surface area contributed by atoms with Crippen LogP contribution < -0.4 is 16.6 Å². The number of nitrogens with one attached hydrogen (secondary N) is 3. The van der Waals surface area contributed by atoms with Gasteiger partial charge >= 0.3 is 5.69 Å². The van der Waals surface area contributed by atoms with Crippen molar-refractivity contribution in [3.8, 4) is 0 Å². The Bertz CT molecular complexity index is 1270. The Labute approximate surface area is 176 Å². The quantitative estimate of drug-likeness (QED) is 0.432. The topological polar surface area (TPSA) is 140 Å². The molecule has 0 spiro atoms. The third kappa shape index (κ3) is 4.02. The van der Waals surface area contributed by atoms with E-state index in [0.29, 0.717) is 19.5 Å². The normalized spacial score (nSPS) is 14.3. The van der Waals surface area contributed by atoms with Gasteiger partial charge in [0.1, 0.15) is 12.6 Å². The number of nitrogens with zero attached hydrogens (tertiary/aromatic N) is 2. The van der Waals surface area contributed by atoms with Gasteiger partial charge in [-0.15, -0.1) is 0 Å². The minimum atomic E-state index is -1.13. The van der Waals surface area contributed by atoms with E-state index in [-0.39, 0.29) is 12.1 Å². The number of hydrogen-bond donors (Lipinski definition) is 4. The smallest absolute Gasteiger partial charge is 0.328 e. The minimum absolute atomic E-state index is 0.282. The van der Waals surface area contributed by atoms with Gasteiger partial charge in [0.25, 0.3) is 5.56 Å². The Morgan fingerprint density at radius 2 is 2.00 bits per heavy atom. The van der Waals surface area contributed by atoms with Crippen molar-refractivity contribution < 1.29 is 14.7 Å². The first-order valence-electron chi connectivity index (χ1n) is 9.95. The largest absolute Gasteiger partial charge is 0.394 e. The second kappa shape index (κ2) is 8.23. The number of benzene rings is 1. The number of amides is 2. The van der Waals surface area contributed by atoms with Gasteiger partial charge in [-0.05, 0) is 25.0 Å². The monoisotopic (exact) mass is 425 g/mol. The number of carbonyl (C=O) groups is 2. The van der Waals surface area contributed by atoms with Crippen molar-refractivity contribution in [2.24, 2.45) is 0 Å². The van der Waals surface area contributed by atoms with Gasteiger partial charge in [-0.2, -0.15) is 0 Å². The van der Waals surface area contributed by atoms with Crippen LogP contribution in [-0.2, 0) is 29.1 Å². The van der Waals surface area contributed by atoms with Crippen LogP contribution >= 0.6 is 0 Å². The summed E-state index contributed by atoms with van der Waals surface area (Å²) in [6, 6.07) is 6.81. The van der Waals surface area contributed by atoms with Gasteiger partial charge in [0.05, 0.1) is 13.2 Å². The molecule has 0 bridgehead atoms. The lowest BCUT2D eigenvalue weighted by Gasteiger charge is -2.30. The molecule has 0 saturated carbocycles. The SMILES string of the molecule is Cc1cn(CC(=O)NC(CO)C(=O)N2CCc3c([nH]c4ccccc34)C2)c(=O)[nH]c1=O. The molecular formula is C21H23N5O5. The van der Waals surface area contributed by atoms with E-state index in [1.165, 1.54) is 18.7 Å². The Morgan fingerprint density at radius 3 is 2.77 bits per heavy atom. The molecular weight excluding hydrogens is 402 g/mol. The van der Waals surface area contributed by atoms with Crippen LogP contribution in [0.5, 0.6) is 0 Å². The van der Waals surface area contributed by atoms with E-state index >= 15 is 0 Å². The highest BCUT2D eigenvalue weighted by atomic mass is 16.3. The third-order valence-electron chi connectivity index (χ3n) is 5.51. The van der Waals surface area contributed by atoms with Gasteiger partial charge in [0, 0.05) is 34.9 Å². The number of fused-ring (bicyclic) bond motifs is 3. The van der Waals surface area contributed by atoms with Gasteiger partial charge in [0.15, 0.2) is 0 Å². The molecule has 1 unspecified atom stereocenters. The van der Waals surface area contributed by atoms with Crippen LogP contribution in [0.25, 0.3) is 10.9 Å². The lowest BCUT2D eigenvalue weighted by molar-refractivity contribution is -0.138. The molecule has 10 heteroatoms.